The molecule has 104 valence electrons. The highest BCUT2D eigenvalue weighted by Gasteiger charge is 2.34. The van der Waals surface area contributed by atoms with Gasteiger partial charge in [0.25, 0.3) is 0 Å². The van der Waals surface area contributed by atoms with Gasteiger partial charge < -0.3 is 9.88 Å². The highest BCUT2D eigenvalue weighted by molar-refractivity contribution is 5.63. The molecule has 2 saturated heterocycles. The number of piperidine rings is 1. The highest BCUT2D eigenvalue weighted by atomic mass is 15.1. The molecule has 1 aromatic heterocycles. The summed E-state index contributed by atoms with van der Waals surface area (Å²) in [6.45, 7) is 2.18. The van der Waals surface area contributed by atoms with Crippen molar-refractivity contribution in [3.8, 4) is 11.3 Å². The van der Waals surface area contributed by atoms with E-state index in [1.54, 1.807) is 0 Å². The Kier molecular flexibility index (Phi) is 2.88. The molecule has 2 unspecified atom stereocenters. The van der Waals surface area contributed by atoms with Crippen molar-refractivity contribution in [1.82, 2.24) is 14.9 Å². The second kappa shape index (κ2) is 4.74. The molecule has 0 saturated carbocycles. The fourth-order valence-electron chi connectivity index (χ4n) is 3.92. The summed E-state index contributed by atoms with van der Waals surface area (Å²) in [6, 6.07) is 10.6. The zero-order valence-electron chi connectivity index (χ0n) is 11.9. The monoisotopic (exact) mass is 267 g/mol. The summed E-state index contributed by atoms with van der Waals surface area (Å²) in [6.07, 6.45) is 9.21. The van der Waals surface area contributed by atoms with E-state index in [1.807, 2.05) is 12.5 Å². The summed E-state index contributed by atoms with van der Waals surface area (Å²) in [5.74, 6) is 0. The van der Waals surface area contributed by atoms with Gasteiger partial charge in [-0.05, 0) is 38.2 Å². The average molecular weight is 267 g/mol. The molecular weight excluding hydrogens is 246 g/mol. The summed E-state index contributed by atoms with van der Waals surface area (Å²) in [7, 11) is 0. The van der Waals surface area contributed by atoms with Crippen molar-refractivity contribution in [2.75, 3.05) is 0 Å². The normalized spacial score (nSPS) is 28.8. The zero-order valence-corrected chi connectivity index (χ0v) is 11.9. The van der Waals surface area contributed by atoms with Crippen molar-refractivity contribution in [2.45, 2.75) is 50.7 Å². The second-order valence-corrected chi connectivity index (χ2v) is 6.26. The van der Waals surface area contributed by atoms with E-state index in [1.165, 1.54) is 42.5 Å². The third-order valence-corrected chi connectivity index (χ3v) is 4.93. The van der Waals surface area contributed by atoms with Gasteiger partial charge in [-0.3, -0.25) is 0 Å². The lowest BCUT2D eigenvalue weighted by Crippen LogP contribution is -2.38. The number of rotatable bonds is 2. The molecule has 2 aliphatic rings. The van der Waals surface area contributed by atoms with Crippen molar-refractivity contribution in [1.29, 1.82) is 0 Å². The van der Waals surface area contributed by atoms with Gasteiger partial charge in [-0.25, -0.2) is 4.98 Å². The number of fused-ring (bicyclic) bond motifs is 2. The fraction of sp³-hybridized carbons (Fsp3) is 0.471. The van der Waals surface area contributed by atoms with Gasteiger partial charge in [0.1, 0.15) is 0 Å². The number of hydrogen-bond donors (Lipinski definition) is 1. The lowest BCUT2D eigenvalue weighted by molar-refractivity contribution is 0.300. The lowest BCUT2D eigenvalue weighted by Gasteiger charge is -2.31. The summed E-state index contributed by atoms with van der Waals surface area (Å²) < 4.78 is 2.41. The largest absolute Gasteiger partial charge is 0.327 e. The van der Waals surface area contributed by atoms with E-state index in [9.17, 15) is 0 Å². The minimum atomic E-state index is 0.603. The van der Waals surface area contributed by atoms with E-state index >= 15 is 0 Å². The first-order chi connectivity index (χ1) is 9.81. The van der Waals surface area contributed by atoms with Crippen LogP contribution in [-0.2, 0) is 0 Å². The third-order valence-electron chi connectivity index (χ3n) is 4.93. The van der Waals surface area contributed by atoms with Crippen LogP contribution >= 0.6 is 0 Å². The van der Waals surface area contributed by atoms with E-state index in [2.05, 4.69) is 46.1 Å². The van der Waals surface area contributed by atoms with Crippen LogP contribution in [0.25, 0.3) is 11.3 Å². The first-order valence-corrected chi connectivity index (χ1v) is 7.65. The van der Waals surface area contributed by atoms with E-state index in [4.69, 9.17) is 0 Å². The molecule has 2 atom stereocenters. The Bertz CT molecular complexity index is 604. The molecule has 2 fully saturated rings. The Morgan fingerprint density at radius 1 is 1.15 bits per heavy atom. The molecule has 1 aromatic carbocycles. The van der Waals surface area contributed by atoms with Crippen molar-refractivity contribution < 1.29 is 0 Å². The van der Waals surface area contributed by atoms with E-state index < -0.39 is 0 Å². The SMILES string of the molecule is Cc1ccccc1-c1cncn1C1CC2CCC(C1)N2. The number of benzene rings is 1. The van der Waals surface area contributed by atoms with Crippen LogP contribution in [0.5, 0.6) is 0 Å². The molecule has 0 aliphatic carbocycles. The molecule has 20 heavy (non-hydrogen) atoms. The Morgan fingerprint density at radius 3 is 2.65 bits per heavy atom. The maximum absolute atomic E-state index is 4.43. The summed E-state index contributed by atoms with van der Waals surface area (Å²) >= 11 is 0. The molecule has 0 spiro atoms. The van der Waals surface area contributed by atoms with Crippen LogP contribution in [0.1, 0.15) is 37.3 Å². The molecule has 2 bridgehead atoms. The third kappa shape index (κ3) is 1.97. The van der Waals surface area contributed by atoms with Crippen LogP contribution in [0.4, 0.5) is 0 Å². The number of aromatic nitrogens is 2. The van der Waals surface area contributed by atoms with Gasteiger partial charge in [0.15, 0.2) is 0 Å². The van der Waals surface area contributed by atoms with Gasteiger partial charge in [-0.15, -0.1) is 0 Å². The molecule has 3 nitrogen and oxygen atoms in total. The number of nitrogens with zero attached hydrogens (tertiary/aromatic N) is 2. The molecule has 2 aliphatic heterocycles. The minimum absolute atomic E-state index is 0.603. The van der Waals surface area contributed by atoms with E-state index in [0.29, 0.717) is 18.1 Å². The van der Waals surface area contributed by atoms with E-state index in [0.717, 1.165) is 0 Å². The second-order valence-electron chi connectivity index (χ2n) is 6.26. The molecule has 4 rings (SSSR count). The van der Waals surface area contributed by atoms with Gasteiger partial charge in [0, 0.05) is 23.7 Å². The maximum Gasteiger partial charge on any atom is 0.0953 e. The molecule has 3 heterocycles. The van der Waals surface area contributed by atoms with Crippen LogP contribution in [0.2, 0.25) is 0 Å². The maximum atomic E-state index is 4.43. The van der Waals surface area contributed by atoms with Crippen LogP contribution in [-0.4, -0.2) is 21.6 Å². The van der Waals surface area contributed by atoms with Crippen LogP contribution in [0.15, 0.2) is 36.8 Å². The average Bonchev–Trinajstić information content (AvgIpc) is 3.06. The lowest BCUT2D eigenvalue weighted by atomic mass is 9.98. The van der Waals surface area contributed by atoms with Crippen molar-refractivity contribution in [3.63, 3.8) is 0 Å². The number of nitrogens with one attached hydrogen (secondary N) is 1. The van der Waals surface area contributed by atoms with Gasteiger partial charge in [0.05, 0.1) is 18.2 Å². The standard InChI is InChI=1S/C17H21N3/c1-12-4-2-3-5-16(12)17-10-18-11-20(17)15-8-13-6-7-14(9-15)19-13/h2-5,10-11,13-15,19H,6-9H2,1H3. The molecule has 3 heteroatoms. The fourth-order valence-corrected chi connectivity index (χ4v) is 3.92. The molecule has 2 aromatic rings. The number of hydrogen-bond acceptors (Lipinski definition) is 2. The van der Waals surface area contributed by atoms with Crippen LogP contribution in [0.3, 0.4) is 0 Å². The molecule has 0 amide bonds. The Hall–Kier alpha value is -1.61. The predicted molar refractivity (Wildman–Crippen MR) is 80.6 cm³/mol. The Morgan fingerprint density at radius 2 is 1.90 bits per heavy atom. The predicted octanol–water partition coefficient (Wildman–Crippen LogP) is 3.31. The van der Waals surface area contributed by atoms with Gasteiger partial charge in [0.2, 0.25) is 0 Å². The molecular formula is C17H21N3. The van der Waals surface area contributed by atoms with Crippen LogP contribution in [0, 0.1) is 6.92 Å². The van der Waals surface area contributed by atoms with Crippen molar-refractivity contribution in [2.24, 2.45) is 0 Å². The Balaban J connectivity index is 1.70. The summed E-state index contributed by atoms with van der Waals surface area (Å²) in [4.78, 5) is 4.43. The zero-order chi connectivity index (χ0) is 13.5. The van der Waals surface area contributed by atoms with E-state index in [-0.39, 0.29) is 0 Å². The summed E-state index contributed by atoms with van der Waals surface area (Å²) in [5, 5.41) is 3.72. The topological polar surface area (TPSA) is 29.9 Å². The number of aryl methyl sites for hydroxylation is 1. The van der Waals surface area contributed by atoms with Gasteiger partial charge in [-0.1, -0.05) is 24.3 Å². The van der Waals surface area contributed by atoms with Gasteiger partial charge in [-0.2, -0.15) is 0 Å². The first kappa shape index (κ1) is 12.2. The summed E-state index contributed by atoms with van der Waals surface area (Å²) in [5.41, 5.74) is 3.91. The Labute approximate surface area is 120 Å². The first-order valence-electron chi connectivity index (χ1n) is 7.65. The highest BCUT2D eigenvalue weighted by Crippen LogP contribution is 2.36. The van der Waals surface area contributed by atoms with Crippen molar-refractivity contribution >= 4 is 0 Å². The smallest absolute Gasteiger partial charge is 0.0953 e. The van der Waals surface area contributed by atoms with Crippen molar-refractivity contribution in [3.05, 3.63) is 42.4 Å². The van der Waals surface area contributed by atoms with Crippen LogP contribution < -0.4 is 5.32 Å². The minimum Gasteiger partial charge on any atom is -0.327 e. The van der Waals surface area contributed by atoms with Gasteiger partial charge >= 0.3 is 0 Å². The molecule has 1 N–H and O–H groups in total. The molecule has 0 radical (unpaired) electrons. The quantitative estimate of drug-likeness (QED) is 0.904. The number of imidazole rings is 1.